The zero-order valence-corrected chi connectivity index (χ0v) is 12.3. The quantitative estimate of drug-likeness (QED) is 0.839. The Hall–Kier alpha value is -1.59. The van der Waals surface area contributed by atoms with Crippen molar-refractivity contribution in [3.8, 4) is 0 Å². The monoisotopic (exact) mass is 308 g/mol. The molecule has 0 radical (unpaired) electrons. The number of aliphatic hydroxyl groups is 1. The molecule has 1 fully saturated rings. The number of carbonyl (C=O) groups is 2. The van der Waals surface area contributed by atoms with Crippen LogP contribution in [0.4, 0.5) is 11.4 Å². The second kappa shape index (κ2) is 5.66. The number of anilines is 2. The number of nitrogens with one attached hydrogen (secondary N) is 1. The van der Waals surface area contributed by atoms with Gasteiger partial charge in [0.1, 0.15) is 0 Å². The summed E-state index contributed by atoms with van der Waals surface area (Å²) in [5.74, 6) is -0.686. The minimum atomic E-state index is -0.602. The lowest BCUT2D eigenvalue weighted by Gasteiger charge is -2.35. The summed E-state index contributed by atoms with van der Waals surface area (Å²) in [5, 5.41) is 12.2. The van der Waals surface area contributed by atoms with Crippen molar-refractivity contribution in [2.24, 2.45) is 5.92 Å². The number of hydrogen-bond acceptors (Lipinski definition) is 4. The lowest BCUT2D eigenvalue weighted by atomic mass is 9.94. The third-order valence-corrected chi connectivity index (χ3v) is 4.49. The Balaban J connectivity index is 1.88. The number of nitrogens with zero attached hydrogens (tertiary/aromatic N) is 1. The van der Waals surface area contributed by atoms with Crippen LogP contribution in [0.25, 0.3) is 0 Å². The molecule has 1 aromatic carbocycles. The van der Waals surface area contributed by atoms with Gasteiger partial charge in [0.25, 0.3) is 11.7 Å². The van der Waals surface area contributed by atoms with Crippen molar-refractivity contribution in [1.82, 2.24) is 0 Å². The van der Waals surface area contributed by atoms with Crippen molar-refractivity contribution < 1.29 is 14.7 Å². The van der Waals surface area contributed by atoms with E-state index in [1.807, 2.05) is 0 Å². The Morgan fingerprint density at radius 3 is 2.95 bits per heavy atom. The van der Waals surface area contributed by atoms with Crippen molar-refractivity contribution in [3.05, 3.63) is 22.7 Å². The molecule has 2 N–H and O–H groups in total. The molecule has 0 spiro atoms. The van der Waals surface area contributed by atoms with E-state index < -0.39 is 11.7 Å². The van der Waals surface area contributed by atoms with E-state index in [1.54, 1.807) is 12.1 Å². The Morgan fingerprint density at radius 2 is 2.19 bits per heavy atom. The summed E-state index contributed by atoms with van der Waals surface area (Å²) in [6, 6.07) is 3.35. The number of benzene rings is 1. The first-order valence-electron chi connectivity index (χ1n) is 7.15. The first kappa shape index (κ1) is 14.4. The molecular weight excluding hydrogens is 292 g/mol. The molecule has 3 rings (SSSR count). The van der Waals surface area contributed by atoms with Crippen LogP contribution in [0.5, 0.6) is 0 Å². The lowest BCUT2D eigenvalue weighted by molar-refractivity contribution is -0.112. The second-order valence-electron chi connectivity index (χ2n) is 5.60. The SMILES string of the molecule is O=C1Nc2cc(N3CCCC(CCO)C3)c(Cl)cc2C1=O. The highest BCUT2D eigenvalue weighted by Crippen LogP contribution is 2.37. The van der Waals surface area contributed by atoms with Gasteiger partial charge >= 0.3 is 0 Å². The highest BCUT2D eigenvalue weighted by Gasteiger charge is 2.30. The number of halogens is 1. The normalized spacial score (nSPS) is 21.4. The highest BCUT2D eigenvalue weighted by molar-refractivity contribution is 6.52. The third-order valence-electron chi connectivity index (χ3n) is 4.18. The summed E-state index contributed by atoms with van der Waals surface area (Å²) in [6.07, 6.45) is 2.94. The van der Waals surface area contributed by atoms with E-state index in [0.717, 1.165) is 38.0 Å². The van der Waals surface area contributed by atoms with E-state index in [4.69, 9.17) is 16.7 Å². The van der Waals surface area contributed by atoms with E-state index in [-0.39, 0.29) is 6.61 Å². The Labute approximate surface area is 127 Å². The number of amides is 1. The molecule has 2 heterocycles. The zero-order chi connectivity index (χ0) is 15.0. The van der Waals surface area contributed by atoms with Gasteiger partial charge < -0.3 is 15.3 Å². The van der Waals surface area contributed by atoms with Gasteiger partial charge in [-0.1, -0.05) is 11.6 Å². The van der Waals surface area contributed by atoms with Crippen LogP contribution in [-0.4, -0.2) is 36.5 Å². The number of hydrogen-bond donors (Lipinski definition) is 2. The van der Waals surface area contributed by atoms with Crippen LogP contribution in [0.2, 0.25) is 5.02 Å². The third kappa shape index (κ3) is 2.63. The van der Waals surface area contributed by atoms with Crippen molar-refractivity contribution in [3.63, 3.8) is 0 Å². The van der Waals surface area contributed by atoms with E-state index in [2.05, 4.69) is 10.2 Å². The van der Waals surface area contributed by atoms with Gasteiger partial charge in [0, 0.05) is 19.7 Å². The first-order valence-corrected chi connectivity index (χ1v) is 7.53. The maximum Gasteiger partial charge on any atom is 0.296 e. The van der Waals surface area contributed by atoms with Gasteiger partial charge in [-0.05, 0) is 37.3 Å². The number of carbonyl (C=O) groups excluding carboxylic acids is 2. The molecular formula is C15H17ClN2O3. The number of aliphatic hydroxyl groups excluding tert-OH is 1. The van der Waals surface area contributed by atoms with E-state index in [1.165, 1.54) is 0 Å². The molecule has 0 bridgehead atoms. The fourth-order valence-corrected chi connectivity index (χ4v) is 3.38. The summed E-state index contributed by atoms with van der Waals surface area (Å²) in [4.78, 5) is 25.3. The van der Waals surface area contributed by atoms with Crippen LogP contribution in [0, 0.1) is 5.92 Å². The van der Waals surface area contributed by atoms with Crippen LogP contribution < -0.4 is 10.2 Å². The van der Waals surface area contributed by atoms with Gasteiger partial charge in [-0.2, -0.15) is 0 Å². The molecule has 1 aromatic rings. The first-order chi connectivity index (χ1) is 10.1. The minimum absolute atomic E-state index is 0.195. The van der Waals surface area contributed by atoms with Crippen LogP contribution in [0.1, 0.15) is 29.6 Å². The second-order valence-corrected chi connectivity index (χ2v) is 6.01. The van der Waals surface area contributed by atoms with Crippen LogP contribution in [0.15, 0.2) is 12.1 Å². The van der Waals surface area contributed by atoms with Gasteiger partial charge in [0.05, 0.1) is 22.0 Å². The molecule has 0 aliphatic carbocycles. The molecule has 1 atom stereocenters. The van der Waals surface area contributed by atoms with E-state index in [0.29, 0.717) is 22.2 Å². The van der Waals surface area contributed by atoms with Gasteiger partial charge in [0.2, 0.25) is 0 Å². The maximum atomic E-state index is 11.7. The van der Waals surface area contributed by atoms with Crippen molar-refractivity contribution in [2.45, 2.75) is 19.3 Å². The van der Waals surface area contributed by atoms with Crippen molar-refractivity contribution >= 4 is 34.7 Å². The fourth-order valence-electron chi connectivity index (χ4n) is 3.10. The number of ketones is 1. The molecule has 0 saturated carbocycles. The number of rotatable bonds is 3. The lowest BCUT2D eigenvalue weighted by Crippen LogP contribution is -2.36. The van der Waals surface area contributed by atoms with E-state index in [9.17, 15) is 9.59 Å². The highest BCUT2D eigenvalue weighted by atomic mass is 35.5. The largest absolute Gasteiger partial charge is 0.396 e. The topological polar surface area (TPSA) is 69.6 Å². The maximum absolute atomic E-state index is 11.7. The number of piperidine rings is 1. The van der Waals surface area contributed by atoms with Crippen molar-refractivity contribution in [2.75, 3.05) is 29.9 Å². The number of Topliss-reactive ketones (excluding diaryl/α,β-unsaturated/α-hetero) is 1. The molecule has 6 heteroatoms. The number of fused-ring (bicyclic) bond motifs is 1. The van der Waals surface area contributed by atoms with Crippen molar-refractivity contribution in [1.29, 1.82) is 0 Å². The fraction of sp³-hybridized carbons (Fsp3) is 0.467. The Bertz CT molecular complexity index is 601. The van der Waals surface area contributed by atoms with Gasteiger partial charge in [-0.15, -0.1) is 0 Å². The van der Waals surface area contributed by atoms with Gasteiger partial charge in [0.15, 0.2) is 0 Å². The summed E-state index contributed by atoms with van der Waals surface area (Å²) in [7, 11) is 0. The summed E-state index contributed by atoms with van der Waals surface area (Å²) in [6.45, 7) is 1.92. The molecule has 2 aliphatic rings. The standard InChI is InChI=1S/C15H17ClN2O3/c16-11-6-10-12(17-15(21)14(10)20)7-13(11)18-4-1-2-9(8-18)3-5-19/h6-7,9,19H,1-5,8H2,(H,17,20,21). The predicted octanol–water partition coefficient (Wildman–Crippen LogP) is 2.07. The molecule has 0 aromatic heterocycles. The zero-order valence-electron chi connectivity index (χ0n) is 11.6. The molecule has 2 aliphatic heterocycles. The summed E-state index contributed by atoms with van der Waals surface area (Å²) < 4.78 is 0. The minimum Gasteiger partial charge on any atom is -0.396 e. The van der Waals surface area contributed by atoms with Crippen LogP contribution >= 0.6 is 11.6 Å². The Kier molecular flexibility index (Phi) is 3.87. The average Bonchev–Trinajstić information content (AvgIpc) is 2.74. The van der Waals surface area contributed by atoms with Crippen LogP contribution in [0.3, 0.4) is 0 Å². The molecule has 1 saturated heterocycles. The molecule has 1 unspecified atom stereocenters. The molecule has 112 valence electrons. The smallest absolute Gasteiger partial charge is 0.296 e. The average molecular weight is 309 g/mol. The van der Waals surface area contributed by atoms with E-state index >= 15 is 0 Å². The van der Waals surface area contributed by atoms with Gasteiger partial charge in [-0.25, -0.2) is 0 Å². The predicted molar refractivity (Wildman–Crippen MR) is 81.1 cm³/mol. The summed E-state index contributed by atoms with van der Waals surface area (Å²) >= 11 is 6.30. The summed E-state index contributed by atoms with van der Waals surface area (Å²) in [5.41, 5.74) is 1.72. The molecule has 1 amide bonds. The van der Waals surface area contributed by atoms with Gasteiger partial charge in [-0.3, -0.25) is 9.59 Å². The molecule has 21 heavy (non-hydrogen) atoms. The van der Waals surface area contributed by atoms with Crippen LogP contribution in [-0.2, 0) is 4.79 Å². The molecule has 5 nitrogen and oxygen atoms in total. The Morgan fingerprint density at radius 1 is 1.38 bits per heavy atom.